The lowest BCUT2D eigenvalue weighted by molar-refractivity contribution is 1.10. The molecule has 0 radical (unpaired) electrons. The second kappa shape index (κ2) is 5.32. The monoisotopic (exact) mass is 290 g/mol. The molecule has 0 aliphatic carbocycles. The summed E-state index contributed by atoms with van der Waals surface area (Å²) in [5, 5.41) is 3.33. The summed E-state index contributed by atoms with van der Waals surface area (Å²) < 4.78 is 1.03. The topological polar surface area (TPSA) is 24.9 Å². The van der Waals surface area contributed by atoms with Crippen LogP contribution in [0, 0.1) is 13.8 Å². The maximum atomic E-state index is 4.31. The Labute approximate surface area is 110 Å². The van der Waals surface area contributed by atoms with E-state index in [0.717, 1.165) is 16.8 Å². The normalized spacial score (nSPS) is 10.3. The van der Waals surface area contributed by atoms with Gasteiger partial charge in [-0.15, -0.1) is 0 Å². The molecule has 2 rings (SSSR count). The average molecular weight is 291 g/mol. The lowest BCUT2D eigenvalue weighted by atomic mass is 10.1. The number of benzene rings is 1. The van der Waals surface area contributed by atoms with Crippen molar-refractivity contribution in [2.75, 3.05) is 5.32 Å². The fourth-order valence-corrected chi connectivity index (χ4v) is 1.93. The van der Waals surface area contributed by atoms with Gasteiger partial charge in [-0.1, -0.05) is 29.8 Å². The standard InChI is InChI=1S/C14H15BrN2/c1-10-3-5-12(6-4-10)9-17-14-13(15)11(2)7-8-16-14/h3-8H,9H2,1-2H3,(H,16,17). The Morgan fingerprint density at radius 2 is 1.82 bits per heavy atom. The third-order valence-corrected chi connectivity index (χ3v) is 3.66. The molecule has 3 heteroatoms. The van der Waals surface area contributed by atoms with Gasteiger partial charge in [0.2, 0.25) is 0 Å². The number of aromatic nitrogens is 1. The van der Waals surface area contributed by atoms with Crippen molar-refractivity contribution >= 4 is 21.7 Å². The van der Waals surface area contributed by atoms with E-state index in [0.29, 0.717) is 0 Å². The van der Waals surface area contributed by atoms with Crippen molar-refractivity contribution in [3.05, 3.63) is 57.7 Å². The second-order valence-corrected chi connectivity index (χ2v) is 4.92. The van der Waals surface area contributed by atoms with Gasteiger partial charge in [0.05, 0.1) is 4.47 Å². The van der Waals surface area contributed by atoms with Crippen molar-refractivity contribution in [2.24, 2.45) is 0 Å². The molecule has 2 aromatic rings. The Hall–Kier alpha value is -1.35. The minimum absolute atomic E-state index is 0.787. The van der Waals surface area contributed by atoms with Crippen LogP contribution in [0.4, 0.5) is 5.82 Å². The van der Waals surface area contributed by atoms with E-state index in [-0.39, 0.29) is 0 Å². The molecule has 0 atom stereocenters. The molecule has 0 aliphatic heterocycles. The second-order valence-electron chi connectivity index (χ2n) is 4.13. The van der Waals surface area contributed by atoms with Crippen LogP contribution in [0.1, 0.15) is 16.7 Å². The van der Waals surface area contributed by atoms with Crippen molar-refractivity contribution in [3.8, 4) is 0 Å². The van der Waals surface area contributed by atoms with E-state index < -0.39 is 0 Å². The Morgan fingerprint density at radius 1 is 1.12 bits per heavy atom. The molecule has 1 aromatic heterocycles. The SMILES string of the molecule is Cc1ccc(CNc2nccc(C)c2Br)cc1. The first kappa shape index (κ1) is 12.1. The molecule has 1 N–H and O–H groups in total. The summed E-state index contributed by atoms with van der Waals surface area (Å²) in [6.45, 7) is 4.94. The number of rotatable bonds is 3. The fourth-order valence-electron chi connectivity index (χ4n) is 1.56. The number of hydrogen-bond donors (Lipinski definition) is 1. The zero-order chi connectivity index (χ0) is 12.3. The molecule has 0 saturated carbocycles. The molecular formula is C14H15BrN2. The van der Waals surface area contributed by atoms with Crippen LogP contribution in [0.15, 0.2) is 41.0 Å². The van der Waals surface area contributed by atoms with Crippen molar-refractivity contribution in [1.29, 1.82) is 0 Å². The maximum Gasteiger partial charge on any atom is 0.140 e. The van der Waals surface area contributed by atoms with Crippen molar-refractivity contribution in [3.63, 3.8) is 0 Å². The third kappa shape index (κ3) is 3.07. The van der Waals surface area contributed by atoms with Crippen molar-refractivity contribution < 1.29 is 0 Å². The van der Waals surface area contributed by atoms with Gasteiger partial charge in [-0.3, -0.25) is 0 Å². The Morgan fingerprint density at radius 3 is 2.53 bits per heavy atom. The number of nitrogens with zero attached hydrogens (tertiary/aromatic N) is 1. The largest absolute Gasteiger partial charge is 0.365 e. The number of halogens is 1. The molecule has 17 heavy (non-hydrogen) atoms. The van der Waals surface area contributed by atoms with E-state index >= 15 is 0 Å². The summed E-state index contributed by atoms with van der Waals surface area (Å²) >= 11 is 3.54. The van der Waals surface area contributed by atoms with E-state index in [4.69, 9.17) is 0 Å². The van der Waals surface area contributed by atoms with Crippen LogP contribution in [0.2, 0.25) is 0 Å². The number of anilines is 1. The summed E-state index contributed by atoms with van der Waals surface area (Å²) in [4.78, 5) is 4.31. The number of hydrogen-bond acceptors (Lipinski definition) is 2. The van der Waals surface area contributed by atoms with Gasteiger partial charge in [-0.2, -0.15) is 0 Å². The number of pyridine rings is 1. The smallest absolute Gasteiger partial charge is 0.140 e. The molecule has 0 fully saturated rings. The van der Waals surface area contributed by atoms with E-state index in [1.165, 1.54) is 16.7 Å². The minimum Gasteiger partial charge on any atom is -0.365 e. The van der Waals surface area contributed by atoms with E-state index in [1.54, 1.807) is 0 Å². The fraction of sp³-hybridized carbons (Fsp3) is 0.214. The highest BCUT2D eigenvalue weighted by molar-refractivity contribution is 9.10. The molecule has 2 nitrogen and oxygen atoms in total. The van der Waals surface area contributed by atoms with Crippen LogP contribution >= 0.6 is 15.9 Å². The lowest BCUT2D eigenvalue weighted by Crippen LogP contribution is -2.02. The molecule has 1 heterocycles. The zero-order valence-electron chi connectivity index (χ0n) is 10.00. The van der Waals surface area contributed by atoms with Gasteiger partial charge in [-0.25, -0.2) is 4.98 Å². The first-order chi connectivity index (χ1) is 8.16. The van der Waals surface area contributed by atoms with Crippen LogP contribution in [0.3, 0.4) is 0 Å². The van der Waals surface area contributed by atoms with Crippen LogP contribution < -0.4 is 5.32 Å². The van der Waals surface area contributed by atoms with Crippen molar-refractivity contribution in [1.82, 2.24) is 4.98 Å². The third-order valence-electron chi connectivity index (χ3n) is 2.66. The first-order valence-corrected chi connectivity index (χ1v) is 6.36. The minimum atomic E-state index is 0.787. The molecule has 88 valence electrons. The van der Waals surface area contributed by atoms with Gasteiger partial charge in [0.15, 0.2) is 0 Å². The van der Waals surface area contributed by atoms with Crippen LogP contribution in [0.25, 0.3) is 0 Å². The summed E-state index contributed by atoms with van der Waals surface area (Å²) in [5.41, 5.74) is 3.72. The maximum absolute atomic E-state index is 4.31. The predicted molar refractivity (Wildman–Crippen MR) is 75.2 cm³/mol. The summed E-state index contributed by atoms with van der Waals surface area (Å²) in [6.07, 6.45) is 1.82. The number of nitrogens with one attached hydrogen (secondary N) is 1. The summed E-state index contributed by atoms with van der Waals surface area (Å²) in [6, 6.07) is 10.5. The first-order valence-electron chi connectivity index (χ1n) is 5.57. The summed E-state index contributed by atoms with van der Waals surface area (Å²) in [7, 11) is 0. The predicted octanol–water partition coefficient (Wildman–Crippen LogP) is 4.07. The quantitative estimate of drug-likeness (QED) is 0.922. The van der Waals surface area contributed by atoms with Gasteiger partial charge in [-0.05, 0) is 47.0 Å². The Balaban J connectivity index is 2.07. The molecule has 0 unspecified atom stereocenters. The molecule has 0 spiro atoms. The van der Waals surface area contributed by atoms with Gasteiger partial charge in [0, 0.05) is 12.7 Å². The molecule has 0 saturated heterocycles. The van der Waals surface area contributed by atoms with Gasteiger partial charge < -0.3 is 5.32 Å². The van der Waals surface area contributed by atoms with Crippen LogP contribution in [-0.4, -0.2) is 4.98 Å². The van der Waals surface area contributed by atoms with Crippen LogP contribution in [0.5, 0.6) is 0 Å². The molecule has 0 bridgehead atoms. The van der Waals surface area contributed by atoms with Gasteiger partial charge in [0.1, 0.15) is 5.82 Å². The highest BCUT2D eigenvalue weighted by Crippen LogP contribution is 2.23. The molecular weight excluding hydrogens is 276 g/mol. The molecule has 1 aromatic carbocycles. The average Bonchev–Trinajstić information content (AvgIpc) is 2.33. The van der Waals surface area contributed by atoms with Crippen molar-refractivity contribution in [2.45, 2.75) is 20.4 Å². The van der Waals surface area contributed by atoms with E-state index in [2.05, 4.69) is 64.3 Å². The zero-order valence-corrected chi connectivity index (χ0v) is 11.6. The molecule has 0 amide bonds. The summed E-state index contributed by atoms with van der Waals surface area (Å²) in [5.74, 6) is 0.894. The van der Waals surface area contributed by atoms with Gasteiger partial charge >= 0.3 is 0 Å². The van der Waals surface area contributed by atoms with E-state index in [9.17, 15) is 0 Å². The lowest BCUT2D eigenvalue weighted by Gasteiger charge is -2.09. The Bertz CT molecular complexity index is 506. The highest BCUT2D eigenvalue weighted by Gasteiger charge is 2.03. The number of aryl methyl sites for hydroxylation is 2. The Kier molecular flexibility index (Phi) is 3.79. The molecule has 0 aliphatic rings. The highest BCUT2D eigenvalue weighted by atomic mass is 79.9. The van der Waals surface area contributed by atoms with Gasteiger partial charge in [0.25, 0.3) is 0 Å². The van der Waals surface area contributed by atoms with Crippen LogP contribution in [-0.2, 0) is 6.54 Å². The van der Waals surface area contributed by atoms with E-state index in [1.807, 2.05) is 12.3 Å².